The van der Waals surface area contributed by atoms with E-state index in [4.69, 9.17) is 23.2 Å². The van der Waals surface area contributed by atoms with Crippen LogP contribution in [0.15, 0.2) is 33.2 Å². The first-order valence-corrected chi connectivity index (χ1v) is 7.26. The number of carbonyl (C=O) groups excluding carboxylic acids is 1. The van der Waals surface area contributed by atoms with E-state index in [1.807, 2.05) is 0 Å². The number of aromatic nitrogens is 2. The van der Waals surface area contributed by atoms with Crippen molar-refractivity contribution in [3.63, 3.8) is 0 Å². The summed E-state index contributed by atoms with van der Waals surface area (Å²) in [7, 11) is 0. The lowest BCUT2D eigenvalue weighted by Gasteiger charge is -2.07. The van der Waals surface area contributed by atoms with Gasteiger partial charge in [0.1, 0.15) is 11.0 Å². The quantitative estimate of drug-likeness (QED) is 0.566. The Balaban J connectivity index is 2.25. The van der Waals surface area contributed by atoms with Gasteiger partial charge in [-0.25, -0.2) is 9.97 Å². The van der Waals surface area contributed by atoms with E-state index in [0.29, 0.717) is 10.0 Å². The fourth-order valence-electron chi connectivity index (χ4n) is 1.31. The number of benzene rings is 1. The van der Waals surface area contributed by atoms with Gasteiger partial charge in [0.05, 0.1) is 5.56 Å². The Kier molecular flexibility index (Phi) is 4.78. The highest BCUT2D eigenvalue weighted by atomic mass is 79.9. The highest BCUT2D eigenvalue weighted by molar-refractivity contribution is 9.11. The summed E-state index contributed by atoms with van der Waals surface area (Å²) in [6.07, 6.45) is 0. The molecule has 0 spiro atoms. The molecule has 1 amide bonds. The number of anilines is 1. The Morgan fingerprint density at radius 3 is 2.53 bits per heavy atom. The Labute approximate surface area is 135 Å². The Bertz CT molecular complexity index is 632. The minimum Gasteiger partial charge on any atom is -0.306 e. The first-order chi connectivity index (χ1) is 8.95. The molecule has 8 heteroatoms. The van der Waals surface area contributed by atoms with Crippen LogP contribution in [0.1, 0.15) is 10.4 Å². The lowest BCUT2D eigenvalue weighted by Crippen LogP contribution is -2.13. The Hall–Kier alpha value is -0.690. The van der Waals surface area contributed by atoms with Gasteiger partial charge >= 0.3 is 0 Å². The predicted molar refractivity (Wildman–Crippen MR) is 81.8 cm³/mol. The number of nitrogens with zero attached hydrogens (tertiary/aromatic N) is 2. The zero-order valence-electron chi connectivity index (χ0n) is 9.12. The summed E-state index contributed by atoms with van der Waals surface area (Å²) in [5.41, 5.74) is 0.467. The van der Waals surface area contributed by atoms with Gasteiger partial charge in [-0.05, 0) is 45.7 Å². The summed E-state index contributed by atoms with van der Waals surface area (Å²) < 4.78 is 1.52. The fourth-order valence-corrected chi connectivity index (χ4v) is 2.95. The molecule has 1 aromatic heterocycles. The van der Waals surface area contributed by atoms with E-state index >= 15 is 0 Å². The molecule has 19 heavy (non-hydrogen) atoms. The van der Waals surface area contributed by atoms with E-state index in [1.54, 1.807) is 18.2 Å². The van der Waals surface area contributed by atoms with Gasteiger partial charge < -0.3 is 5.32 Å². The SMILES string of the molecule is O=C(Nc1cc(Cl)nc(Cl)n1)c1ccc(Br)cc1Br. The maximum Gasteiger partial charge on any atom is 0.257 e. The van der Waals surface area contributed by atoms with Crippen LogP contribution in [0.3, 0.4) is 0 Å². The summed E-state index contributed by atoms with van der Waals surface area (Å²) in [6.45, 7) is 0. The third kappa shape index (κ3) is 3.89. The Morgan fingerprint density at radius 2 is 1.89 bits per heavy atom. The first kappa shape index (κ1) is 14.7. The second-order valence-electron chi connectivity index (χ2n) is 3.42. The minimum absolute atomic E-state index is 0.0299. The number of hydrogen-bond acceptors (Lipinski definition) is 3. The second-order valence-corrected chi connectivity index (χ2v) is 5.92. The number of halogens is 4. The summed E-state index contributed by atoms with van der Waals surface area (Å²) in [6, 6.07) is 6.63. The molecule has 0 fully saturated rings. The average molecular weight is 426 g/mol. The van der Waals surface area contributed by atoms with E-state index in [0.717, 1.165) is 4.47 Å². The summed E-state index contributed by atoms with van der Waals surface area (Å²) in [5.74, 6) is -0.0879. The lowest BCUT2D eigenvalue weighted by molar-refractivity contribution is 0.102. The van der Waals surface area contributed by atoms with Crippen LogP contribution in [0.2, 0.25) is 10.4 Å². The number of rotatable bonds is 2. The lowest BCUT2D eigenvalue weighted by atomic mass is 10.2. The van der Waals surface area contributed by atoms with Crippen LogP contribution in [-0.2, 0) is 0 Å². The number of nitrogens with one attached hydrogen (secondary N) is 1. The molecule has 0 aliphatic rings. The van der Waals surface area contributed by atoms with Crippen molar-refractivity contribution >= 4 is 66.8 Å². The van der Waals surface area contributed by atoms with E-state index in [-0.39, 0.29) is 22.2 Å². The van der Waals surface area contributed by atoms with Crippen molar-refractivity contribution in [3.8, 4) is 0 Å². The van der Waals surface area contributed by atoms with E-state index in [1.165, 1.54) is 6.07 Å². The highest BCUT2D eigenvalue weighted by Gasteiger charge is 2.12. The molecule has 98 valence electrons. The minimum atomic E-state index is -0.329. The van der Waals surface area contributed by atoms with Crippen LogP contribution in [0, 0.1) is 0 Å². The molecule has 2 rings (SSSR count). The third-order valence-electron chi connectivity index (χ3n) is 2.08. The molecule has 0 unspecified atom stereocenters. The van der Waals surface area contributed by atoms with Gasteiger partial charge in [-0.1, -0.05) is 27.5 Å². The maximum absolute atomic E-state index is 12.1. The monoisotopic (exact) mass is 423 g/mol. The molecule has 2 aromatic rings. The van der Waals surface area contributed by atoms with E-state index in [9.17, 15) is 4.79 Å². The van der Waals surface area contributed by atoms with Crippen LogP contribution in [0.25, 0.3) is 0 Å². The van der Waals surface area contributed by atoms with E-state index < -0.39 is 0 Å². The van der Waals surface area contributed by atoms with Gasteiger partial charge in [0.15, 0.2) is 0 Å². The van der Waals surface area contributed by atoms with Crippen molar-refractivity contribution in [1.29, 1.82) is 0 Å². The van der Waals surface area contributed by atoms with Crippen molar-refractivity contribution in [1.82, 2.24) is 9.97 Å². The molecule has 0 aliphatic heterocycles. The molecule has 0 saturated heterocycles. The standard InChI is InChI=1S/C11H5Br2Cl2N3O/c12-5-1-2-6(7(13)3-5)10(19)17-9-4-8(14)16-11(15)18-9/h1-4H,(H,16,17,18,19). The molecule has 0 bridgehead atoms. The van der Waals surface area contributed by atoms with Gasteiger partial charge in [-0.3, -0.25) is 4.79 Å². The molecular formula is C11H5Br2Cl2N3O. The van der Waals surface area contributed by atoms with Gasteiger partial charge in [0, 0.05) is 15.0 Å². The molecule has 1 aromatic carbocycles. The largest absolute Gasteiger partial charge is 0.306 e. The molecule has 0 saturated carbocycles. The van der Waals surface area contributed by atoms with Crippen molar-refractivity contribution in [2.45, 2.75) is 0 Å². The van der Waals surface area contributed by atoms with Gasteiger partial charge in [-0.15, -0.1) is 0 Å². The summed E-state index contributed by atoms with van der Waals surface area (Å²) in [4.78, 5) is 19.6. The van der Waals surface area contributed by atoms with Gasteiger partial charge in [-0.2, -0.15) is 0 Å². The molecule has 1 N–H and O–H groups in total. The smallest absolute Gasteiger partial charge is 0.257 e. The summed E-state index contributed by atoms with van der Waals surface area (Å²) in [5, 5.41) is 2.72. The molecule has 0 radical (unpaired) electrons. The number of hydrogen-bond donors (Lipinski definition) is 1. The average Bonchev–Trinajstić information content (AvgIpc) is 2.26. The molecule has 0 aliphatic carbocycles. The van der Waals surface area contributed by atoms with Crippen LogP contribution >= 0.6 is 55.1 Å². The predicted octanol–water partition coefficient (Wildman–Crippen LogP) is 4.56. The third-order valence-corrected chi connectivity index (χ3v) is 3.60. The molecule has 4 nitrogen and oxygen atoms in total. The first-order valence-electron chi connectivity index (χ1n) is 4.92. The van der Waals surface area contributed by atoms with Gasteiger partial charge in [0.25, 0.3) is 5.91 Å². The normalized spacial score (nSPS) is 10.3. The highest BCUT2D eigenvalue weighted by Crippen LogP contribution is 2.23. The topological polar surface area (TPSA) is 54.9 Å². The van der Waals surface area contributed by atoms with Crippen molar-refractivity contribution in [2.75, 3.05) is 5.32 Å². The van der Waals surface area contributed by atoms with Gasteiger partial charge in [0.2, 0.25) is 5.28 Å². The molecule has 1 heterocycles. The number of amides is 1. The zero-order valence-corrected chi connectivity index (χ0v) is 13.8. The maximum atomic E-state index is 12.1. The summed E-state index contributed by atoms with van der Waals surface area (Å²) >= 11 is 18.0. The van der Waals surface area contributed by atoms with Crippen molar-refractivity contribution in [2.24, 2.45) is 0 Å². The molecular weight excluding hydrogens is 421 g/mol. The zero-order chi connectivity index (χ0) is 14.0. The number of carbonyl (C=O) groups is 1. The second kappa shape index (κ2) is 6.17. The van der Waals surface area contributed by atoms with E-state index in [2.05, 4.69) is 47.1 Å². The fraction of sp³-hybridized carbons (Fsp3) is 0. The van der Waals surface area contributed by atoms with Crippen LogP contribution < -0.4 is 5.32 Å². The van der Waals surface area contributed by atoms with Crippen molar-refractivity contribution in [3.05, 3.63) is 49.2 Å². The van der Waals surface area contributed by atoms with Crippen molar-refractivity contribution < 1.29 is 4.79 Å². The van der Waals surface area contributed by atoms with Crippen LogP contribution in [0.5, 0.6) is 0 Å². The van der Waals surface area contributed by atoms with Crippen LogP contribution in [0.4, 0.5) is 5.82 Å². The molecule has 0 atom stereocenters. The Morgan fingerprint density at radius 1 is 1.16 bits per heavy atom. The van der Waals surface area contributed by atoms with Crippen LogP contribution in [-0.4, -0.2) is 15.9 Å².